The second-order valence-electron chi connectivity index (χ2n) is 10.4. The van der Waals surface area contributed by atoms with E-state index in [2.05, 4.69) is 16.5 Å². The zero-order valence-electron chi connectivity index (χ0n) is 20.4. The molecule has 9 heteroatoms. The van der Waals surface area contributed by atoms with Crippen LogP contribution in [0.3, 0.4) is 0 Å². The van der Waals surface area contributed by atoms with E-state index in [0.717, 1.165) is 47.2 Å². The Balaban J connectivity index is 1.18. The molecule has 190 valence electrons. The molecular formula is C27H29F2N3O3S. The third kappa shape index (κ3) is 3.79. The van der Waals surface area contributed by atoms with Crippen LogP contribution in [-0.4, -0.2) is 42.8 Å². The van der Waals surface area contributed by atoms with E-state index in [1.807, 2.05) is 16.5 Å². The Morgan fingerprint density at radius 2 is 1.89 bits per heavy atom. The predicted molar refractivity (Wildman–Crippen MR) is 134 cm³/mol. The minimum Gasteiger partial charge on any atom is -0.381 e. The highest BCUT2D eigenvalue weighted by Gasteiger charge is 2.52. The van der Waals surface area contributed by atoms with E-state index in [4.69, 9.17) is 9.47 Å². The third-order valence-corrected chi connectivity index (χ3v) is 9.07. The fourth-order valence-corrected chi connectivity index (χ4v) is 6.74. The molecule has 6 rings (SSSR count). The number of fused-ring (bicyclic) bond motifs is 2. The van der Waals surface area contributed by atoms with E-state index in [9.17, 15) is 13.7 Å². The summed E-state index contributed by atoms with van der Waals surface area (Å²) in [5, 5.41) is 0. The molecule has 4 heterocycles. The summed E-state index contributed by atoms with van der Waals surface area (Å²) in [5.41, 5.74) is 7.04. The fourth-order valence-electron chi connectivity index (χ4n) is 5.85. The van der Waals surface area contributed by atoms with Crippen LogP contribution in [0.5, 0.6) is 0 Å². The maximum absolute atomic E-state index is 14.2. The third-order valence-electron chi connectivity index (χ3n) is 7.99. The van der Waals surface area contributed by atoms with Crippen molar-refractivity contribution in [1.29, 1.82) is 0 Å². The van der Waals surface area contributed by atoms with Gasteiger partial charge in [-0.1, -0.05) is 24.3 Å². The highest BCUT2D eigenvalue weighted by molar-refractivity contribution is 7.99. The standard InChI is InChI=1S/C27H29F2N3O3S/c1-16-9-21(10-17(2)24(16)28)27(31-29)12-23(30-36-27)19-3-4-22-20(11-19)13-35-26(22)14-32(15-26)25(33)18-5-7-34-8-6-18/h3-4,9-11,18,31H,5-8,12-15H2,1-2H3. The highest BCUT2D eigenvalue weighted by Crippen LogP contribution is 2.47. The van der Waals surface area contributed by atoms with Crippen LogP contribution in [0, 0.1) is 25.6 Å². The monoisotopic (exact) mass is 513 g/mol. The molecule has 0 aliphatic carbocycles. The van der Waals surface area contributed by atoms with Gasteiger partial charge in [0.15, 0.2) is 0 Å². The van der Waals surface area contributed by atoms with Crippen LogP contribution in [0.4, 0.5) is 8.87 Å². The molecule has 2 saturated heterocycles. The van der Waals surface area contributed by atoms with Crippen molar-refractivity contribution in [3.8, 4) is 0 Å². The van der Waals surface area contributed by atoms with Gasteiger partial charge in [-0.15, -0.1) is 10.0 Å². The first-order valence-corrected chi connectivity index (χ1v) is 13.2. The van der Waals surface area contributed by atoms with E-state index in [-0.39, 0.29) is 17.6 Å². The van der Waals surface area contributed by atoms with E-state index >= 15 is 0 Å². The van der Waals surface area contributed by atoms with Crippen molar-refractivity contribution in [2.45, 2.75) is 50.2 Å². The molecule has 0 saturated carbocycles. The minimum absolute atomic E-state index is 0.0512. The maximum atomic E-state index is 14.2. The normalized spacial score (nSPS) is 25.1. The molecule has 2 fully saturated rings. The Morgan fingerprint density at radius 1 is 1.17 bits per heavy atom. The SMILES string of the molecule is Cc1cc(C2(NF)CC(c3ccc4c(c3)COC43CN(C(=O)C4CCOCC4)C3)=NS2)cc(C)c1F. The van der Waals surface area contributed by atoms with Gasteiger partial charge in [0.1, 0.15) is 16.3 Å². The van der Waals surface area contributed by atoms with Gasteiger partial charge in [-0.25, -0.2) is 8.79 Å². The minimum atomic E-state index is -1.09. The summed E-state index contributed by atoms with van der Waals surface area (Å²) in [6.45, 7) is 6.31. The first-order valence-electron chi connectivity index (χ1n) is 12.4. The summed E-state index contributed by atoms with van der Waals surface area (Å²) in [5.74, 6) is -0.0139. The molecule has 1 atom stereocenters. The number of amides is 1. The molecule has 0 bridgehead atoms. The van der Waals surface area contributed by atoms with Gasteiger partial charge in [0.05, 0.1) is 25.4 Å². The number of rotatable bonds is 4. The highest BCUT2D eigenvalue weighted by atomic mass is 32.2. The van der Waals surface area contributed by atoms with Crippen LogP contribution in [-0.2, 0) is 31.3 Å². The second-order valence-corrected chi connectivity index (χ2v) is 11.4. The van der Waals surface area contributed by atoms with Gasteiger partial charge in [0, 0.05) is 37.5 Å². The van der Waals surface area contributed by atoms with Crippen LogP contribution in [0.1, 0.15) is 52.6 Å². The molecule has 0 radical (unpaired) electrons. The molecule has 36 heavy (non-hydrogen) atoms. The molecule has 2 aromatic carbocycles. The number of benzene rings is 2. The Hall–Kier alpha value is -2.33. The molecule has 1 N–H and O–H groups in total. The fraction of sp³-hybridized carbons (Fsp3) is 0.481. The molecule has 4 aliphatic heterocycles. The van der Waals surface area contributed by atoms with Gasteiger partial charge >= 0.3 is 0 Å². The quantitative estimate of drug-likeness (QED) is 0.478. The summed E-state index contributed by atoms with van der Waals surface area (Å²) >= 11 is 1.13. The van der Waals surface area contributed by atoms with Gasteiger partial charge in [-0.05, 0) is 66.1 Å². The maximum Gasteiger partial charge on any atom is 0.226 e. The Kier molecular flexibility index (Phi) is 5.94. The van der Waals surface area contributed by atoms with Crippen molar-refractivity contribution in [3.63, 3.8) is 0 Å². The zero-order valence-corrected chi connectivity index (χ0v) is 21.2. The van der Waals surface area contributed by atoms with E-state index in [0.29, 0.717) is 56.0 Å². The molecule has 6 nitrogen and oxygen atoms in total. The number of carbonyl (C=O) groups excluding carboxylic acids is 1. The van der Waals surface area contributed by atoms with Crippen molar-refractivity contribution >= 4 is 23.6 Å². The van der Waals surface area contributed by atoms with Gasteiger partial charge in [-0.2, -0.15) is 0 Å². The number of hydrogen-bond acceptors (Lipinski definition) is 6. The first-order chi connectivity index (χ1) is 17.3. The molecular weight excluding hydrogens is 484 g/mol. The predicted octanol–water partition coefficient (Wildman–Crippen LogP) is 4.60. The van der Waals surface area contributed by atoms with Crippen LogP contribution in [0.25, 0.3) is 0 Å². The lowest BCUT2D eigenvalue weighted by Crippen LogP contribution is -2.62. The smallest absolute Gasteiger partial charge is 0.226 e. The molecule has 1 amide bonds. The number of carbonyl (C=O) groups is 1. The van der Waals surface area contributed by atoms with Crippen molar-refractivity contribution < 1.29 is 23.1 Å². The van der Waals surface area contributed by atoms with Crippen molar-refractivity contribution in [2.24, 2.45) is 10.3 Å². The lowest BCUT2D eigenvalue weighted by atomic mass is 9.83. The summed E-state index contributed by atoms with van der Waals surface area (Å²) in [4.78, 5) is 13.7. The van der Waals surface area contributed by atoms with Crippen LogP contribution < -0.4 is 5.54 Å². The number of halogens is 2. The summed E-state index contributed by atoms with van der Waals surface area (Å²) in [6.07, 6.45) is 1.90. The van der Waals surface area contributed by atoms with Gasteiger partial charge < -0.3 is 14.4 Å². The van der Waals surface area contributed by atoms with Crippen LogP contribution >= 0.6 is 11.9 Å². The molecule has 1 spiro atoms. The van der Waals surface area contributed by atoms with Crippen LogP contribution in [0.2, 0.25) is 0 Å². The summed E-state index contributed by atoms with van der Waals surface area (Å²) in [7, 11) is 0. The zero-order chi connectivity index (χ0) is 25.1. The van der Waals surface area contributed by atoms with Crippen molar-refractivity contribution in [2.75, 3.05) is 26.3 Å². The summed E-state index contributed by atoms with van der Waals surface area (Å²) < 4.78 is 44.6. The number of aryl methyl sites for hydroxylation is 2. The lowest BCUT2D eigenvalue weighted by molar-refractivity contribution is -0.174. The number of likely N-dealkylation sites (tertiary alicyclic amines) is 1. The molecule has 4 aliphatic rings. The Labute approximate surface area is 213 Å². The summed E-state index contributed by atoms with van der Waals surface area (Å²) in [6, 6.07) is 9.51. The lowest BCUT2D eigenvalue weighted by Gasteiger charge is -2.48. The number of hydrogen-bond donors (Lipinski definition) is 1. The van der Waals surface area contributed by atoms with Crippen LogP contribution in [0.15, 0.2) is 34.7 Å². The largest absolute Gasteiger partial charge is 0.381 e. The Morgan fingerprint density at radius 3 is 2.58 bits per heavy atom. The molecule has 1 unspecified atom stereocenters. The van der Waals surface area contributed by atoms with Crippen molar-refractivity contribution in [3.05, 3.63) is 69.5 Å². The number of nitrogens with zero attached hydrogens (tertiary/aromatic N) is 2. The van der Waals surface area contributed by atoms with Gasteiger partial charge in [0.25, 0.3) is 0 Å². The van der Waals surface area contributed by atoms with Gasteiger partial charge in [-0.3, -0.25) is 4.79 Å². The Bertz CT molecular complexity index is 1230. The topological polar surface area (TPSA) is 63.2 Å². The number of nitrogens with one attached hydrogen (secondary N) is 1. The van der Waals surface area contributed by atoms with E-state index < -0.39 is 10.5 Å². The van der Waals surface area contributed by atoms with E-state index in [1.165, 1.54) is 0 Å². The second kappa shape index (κ2) is 8.90. The molecule has 2 aromatic rings. The average Bonchev–Trinajstić information content (AvgIpc) is 3.49. The van der Waals surface area contributed by atoms with Crippen molar-refractivity contribution in [1.82, 2.24) is 10.4 Å². The number of ether oxygens (including phenoxy) is 2. The van der Waals surface area contributed by atoms with Gasteiger partial charge in [0.2, 0.25) is 5.91 Å². The first kappa shape index (κ1) is 24.0. The molecule has 0 aromatic heterocycles. The van der Waals surface area contributed by atoms with E-state index in [1.54, 1.807) is 26.0 Å². The average molecular weight is 514 g/mol.